The summed E-state index contributed by atoms with van der Waals surface area (Å²) in [6.07, 6.45) is 8.51. The van der Waals surface area contributed by atoms with Crippen LogP contribution in [0.25, 0.3) is 5.57 Å². The lowest BCUT2D eigenvalue weighted by Gasteiger charge is -2.31. The molecule has 1 saturated carbocycles. The smallest absolute Gasteiger partial charge is 0.223 e. The normalized spacial score (nSPS) is 20.3. The topological polar surface area (TPSA) is 88.9 Å². The molecule has 1 aromatic heterocycles. The minimum absolute atomic E-state index is 0.0564. The number of nitrogens with one attached hydrogen (secondary N) is 1. The maximum absolute atomic E-state index is 12.2. The lowest BCUT2D eigenvalue weighted by Crippen LogP contribution is -2.32. The first-order valence-electron chi connectivity index (χ1n) is 11.8. The fourth-order valence-corrected chi connectivity index (χ4v) is 4.52. The lowest BCUT2D eigenvalue weighted by molar-refractivity contribution is -0.116. The molecule has 34 heavy (non-hydrogen) atoms. The minimum atomic E-state index is -0.0826. The van der Waals surface area contributed by atoms with Gasteiger partial charge in [0.2, 0.25) is 5.91 Å². The van der Waals surface area contributed by atoms with Gasteiger partial charge in [0.1, 0.15) is 23.1 Å². The van der Waals surface area contributed by atoms with Crippen LogP contribution in [0.1, 0.15) is 50.4 Å². The second kappa shape index (κ2) is 10.8. The predicted octanol–water partition coefficient (Wildman–Crippen LogP) is 4.71. The van der Waals surface area contributed by atoms with Crippen LogP contribution < -0.4 is 15.0 Å². The number of hydrogen-bond donors (Lipinski definition) is 1. The Balaban J connectivity index is 1.53. The lowest BCUT2D eigenvalue weighted by atomic mass is 9.92. The highest BCUT2D eigenvalue weighted by atomic mass is 16.5. The van der Waals surface area contributed by atoms with Crippen LogP contribution in [0.5, 0.6) is 5.75 Å². The van der Waals surface area contributed by atoms with Crippen molar-refractivity contribution in [3.8, 4) is 5.75 Å². The molecule has 1 fully saturated rings. The van der Waals surface area contributed by atoms with Gasteiger partial charge in [0, 0.05) is 26.2 Å². The summed E-state index contributed by atoms with van der Waals surface area (Å²) in [5.74, 6) is 2.21. The van der Waals surface area contributed by atoms with E-state index in [0.29, 0.717) is 36.4 Å². The summed E-state index contributed by atoms with van der Waals surface area (Å²) in [6, 6.07) is 6.27. The van der Waals surface area contributed by atoms with Crippen LogP contribution in [0.2, 0.25) is 0 Å². The third kappa shape index (κ3) is 5.62. The van der Waals surface area contributed by atoms with Gasteiger partial charge in [-0.05, 0) is 75.1 Å². The first kappa shape index (κ1) is 23.9. The highest BCUT2D eigenvalue weighted by molar-refractivity contribution is 5.97. The Hall–Kier alpha value is -3.26. The van der Waals surface area contributed by atoms with E-state index in [2.05, 4.69) is 33.1 Å². The second-order valence-corrected chi connectivity index (χ2v) is 8.86. The Morgan fingerprint density at radius 3 is 2.74 bits per heavy atom. The Bertz CT molecular complexity index is 1080. The molecule has 2 heterocycles. The number of amides is 1. The Kier molecular flexibility index (Phi) is 7.57. The zero-order valence-corrected chi connectivity index (χ0v) is 20.2. The number of benzene rings is 1. The fraction of sp³-hybridized carbons (Fsp3) is 0.462. The summed E-state index contributed by atoms with van der Waals surface area (Å²) in [5.41, 5.74) is 3.55. The average Bonchev–Trinajstić information content (AvgIpc) is 2.85. The molecule has 8 nitrogen and oxygen atoms in total. The van der Waals surface area contributed by atoms with Crippen LogP contribution in [0.3, 0.4) is 0 Å². The summed E-state index contributed by atoms with van der Waals surface area (Å²) in [7, 11) is 1.75. The molecule has 8 heteroatoms. The minimum Gasteiger partial charge on any atom is -0.488 e. The first-order chi connectivity index (χ1) is 16.4. The molecule has 0 radical (unpaired) electrons. The van der Waals surface area contributed by atoms with E-state index in [1.807, 2.05) is 25.1 Å². The number of nitrogens with zero attached hydrogens (tertiary/aromatic N) is 4. The largest absolute Gasteiger partial charge is 0.488 e. The monoisotopic (exact) mass is 463 g/mol. The van der Waals surface area contributed by atoms with E-state index >= 15 is 0 Å². The number of aliphatic imine (C=N–C) groups is 1. The highest BCUT2D eigenvalue weighted by Gasteiger charge is 2.26. The molecule has 2 aromatic rings. The number of carbonyl (C=O) groups is 1. The summed E-state index contributed by atoms with van der Waals surface area (Å²) in [5, 5.41) is 3.52. The molecular formula is C26H33N5O3. The molecule has 1 aromatic carbocycles. The number of anilines is 2. The molecule has 180 valence electrons. The molecular weight excluding hydrogens is 430 g/mol. The van der Waals surface area contributed by atoms with Crippen molar-refractivity contribution in [3.63, 3.8) is 0 Å². The average molecular weight is 464 g/mol. The molecule has 0 saturated heterocycles. The van der Waals surface area contributed by atoms with E-state index in [9.17, 15) is 4.79 Å². The van der Waals surface area contributed by atoms with E-state index in [1.165, 1.54) is 12.5 Å². The van der Waals surface area contributed by atoms with Crippen LogP contribution in [0, 0.1) is 6.92 Å². The van der Waals surface area contributed by atoms with Gasteiger partial charge < -0.3 is 19.7 Å². The van der Waals surface area contributed by atoms with Crippen molar-refractivity contribution in [2.45, 2.75) is 58.1 Å². The number of ether oxygens (including phenoxy) is 2. The van der Waals surface area contributed by atoms with Crippen molar-refractivity contribution in [1.29, 1.82) is 0 Å². The van der Waals surface area contributed by atoms with Gasteiger partial charge in [-0.1, -0.05) is 6.08 Å². The maximum Gasteiger partial charge on any atom is 0.223 e. The predicted molar refractivity (Wildman–Crippen MR) is 135 cm³/mol. The zero-order valence-electron chi connectivity index (χ0n) is 20.2. The standard InChI is InChI=1S/C26H33N5O3/c1-17-28-12-9-25(29-17)30-21-5-7-22(8-6-21)34-24-16-20(19-10-13-33-14-11-19)15-23(27-3)26(24)31(4)18(2)32/h9-10,12,15-16,21-22H,3,5-8,11,13-14H2,1-2,4H3,(H,28,29,30). The van der Waals surface area contributed by atoms with Crippen molar-refractivity contribution in [2.75, 3.05) is 30.5 Å². The molecule has 0 atom stereocenters. The summed E-state index contributed by atoms with van der Waals surface area (Å²) < 4.78 is 12.0. The second-order valence-electron chi connectivity index (χ2n) is 8.86. The van der Waals surface area contributed by atoms with E-state index in [-0.39, 0.29) is 12.0 Å². The summed E-state index contributed by atoms with van der Waals surface area (Å²) in [6.45, 7) is 8.48. The number of carbonyl (C=O) groups excluding carboxylic acids is 1. The van der Waals surface area contributed by atoms with Crippen LogP contribution in [-0.2, 0) is 9.53 Å². The fourth-order valence-electron chi connectivity index (χ4n) is 4.52. The summed E-state index contributed by atoms with van der Waals surface area (Å²) in [4.78, 5) is 26.7. The molecule has 1 N–H and O–H groups in total. The van der Waals surface area contributed by atoms with Gasteiger partial charge in [0.05, 0.1) is 25.0 Å². The van der Waals surface area contributed by atoms with Crippen molar-refractivity contribution >= 4 is 35.4 Å². The molecule has 4 rings (SSSR count). The number of aryl methyl sites for hydroxylation is 1. The Morgan fingerprint density at radius 2 is 2.09 bits per heavy atom. The van der Waals surface area contributed by atoms with Gasteiger partial charge in [-0.15, -0.1) is 0 Å². The number of hydrogen-bond acceptors (Lipinski definition) is 7. The quantitative estimate of drug-likeness (QED) is 0.599. The third-order valence-electron chi connectivity index (χ3n) is 6.46. The Morgan fingerprint density at radius 1 is 1.29 bits per heavy atom. The van der Waals surface area contributed by atoms with E-state index in [4.69, 9.17) is 9.47 Å². The van der Waals surface area contributed by atoms with Crippen molar-refractivity contribution in [3.05, 3.63) is 41.9 Å². The van der Waals surface area contributed by atoms with Gasteiger partial charge in [0.15, 0.2) is 0 Å². The third-order valence-corrected chi connectivity index (χ3v) is 6.46. The molecule has 1 aliphatic heterocycles. The number of rotatable bonds is 7. The molecule has 1 amide bonds. The van der Waals surface area contributed by atoms with Gasteiger partial charge in [-0.25, -0.2) is 9.97 Å². The van der Waals surface area contributed by atoms with Gasteiger partial charge in [0.25, 0.3) is 0 Å². The molecule has 0 spiro atoms. The van der Waals surface area contributed by atoms with Crippen LogP contribution >= 0.6 is 0 Å². The van der Waals surface area contributed by atoms with E-state index in [1.54, 1.807) is 18.1 Å². The van der Waals surface area contributed by atoms with E-state index < -0.39 is 0 Å². The highest BCUT2D eigenvalue weighted by Crippen LogP contribution is 2.42. The maximum atomic E-state index is 12.2. The first-order valence-corrected chi connectivity index (χ1v) is 11.8. The van der Waals surface area contributed by atoms with Gasteiger partial charge in [-0.2, -0.15) is 0 Å². The SMILES string of the molecule is C=Nc1cc(C2=CCOCC2)cc(OC2CCC(Nc3ccnc(C)n3)CC2)c1N(C)C(C)=O. The molecule has 0 bridgehead atoms. The molecule has 0 unspecified atom stereocenters. The van der Waals surface area contributed by atoms with Crippen molar-refractivity contribution in [1.82, 2.24) is 9.97 Å². The molecule has 1 aliphatic carbocycles. The van der Waals surface area contributed by atoms with Gasteiger partial charge >= 0.3 is 0 Å². The van der Waals surface area contributed by atoms with Crippen LogP contribution in [0.4, 0.5) is 17.2 Å². The number of aromatic nitrogens is 2. The van der Waals surface area contributed by atoms with E-state index in [0.717, 1.165) is 49.3 Å². The zero-order chi connectivity index (χ0) is 24.1. The summed E-state index contributed by atoms with van der Waals surface area (Å²) >= 11 is 0. The van der Waals surface area contributed by atoms with Gasteiger partial charge in [-0.3, -0.25) is 9.79 Å². The van der Waals surface area contributed by atoms with Crippen molar-refractivity contribution in [2.24, 2.45) is 4.99 Å². The van der Waals surface area contributed by atoms with Crippen LogP contribution in [-0.4, -0.2) is 55.0 Å². The molecule has 2 aliphatic rings. The van der Waals surface area contributed by atoms with Crippen LogP contribution in [0.15, 0.2) is 35.5 Å². The Labute approximate surface area is 201 Å². The van der Waals surface area contributed by atoms with Crippen molar-refractivity contribution < 1.29 is 14.3 Å².